The molecule has 2 aliphatic heterocycles. The summed E-state index contributed by atoms with van der Waals surface area (Å²) in [6.07, 6.45) is -2.63. The summed E-state index contributed by atoms with van der Waals surface area (Å²) < 4.78 is 43.3. The Hall–Kier alpha value is -1.15. The number of alkyl halides is 3. The third-order valence-corrected chi connectivity index (χ3v) is 5.89. The van der Waals surface area contributed by atoms with E-state index in [4.69, 9.17) is 4.74 Å². The van der Waals surface area contributed by atoms with Gasteiger partial charge in [-0.2, -0.15) is 13.2 Å². The predicted molar refractivity (Wildman–Crippen MR) is 95.2 cm³/mol. The molecule has 0 spiro atoms. The predicted octanol–water partition coefficient (Wildman–Crippen LogP) is 2.58. The van der Waals surface area contributed by atoms with Crippen molar-refractivity contribution >= 4 is 0 Å². The summed E-state index contributed by atoms with van der Waals surface area (Å²) in [5, 5.41) is 20.1. The van der Waals surface area contributed by atoms with Crippen molar-refractivity contribution in [3.63, 3.8) is 0 Å². The molecule has 3 rings (SSSR count). The fourth-order valence-corrected chi connectivity index (χ4v) is 4.47. The Balaban J connectivity index is 1.52. The second kappa shape index (κ2) is 8.90. The molecule has 1 aromatic rings. The van der Waals surface area contributed by atoms with Crippen LogP contribution in [-0.2, 0) is 17.3 Å². The number of benzene rings is 1. The van der Waals surface area contributed by atoms with Gasteiger partial charge in [-0.15, -0.1) is 0 Å². The van der Waals surface area contributed by atoms with Crippen LogP contribution in [0.25, 0.3) is 0 Å². The summed E-state index contributed by atoms with van der Waals surface area (Å²) >= 11 is 0. The van der Waals surface area contributed by atoms with Gasteiger partial charge in [0.25, 0.3) is 0 Å². The van der Waals surface area contributed by atoms with Crippen LogP contribution in [0.4, 0.5) is 13.2 Å². The lowest BCUT2D eigenvalue weighted by Crippen LogP contribution is -2.33. The normalized spacial score (nSPS) is 26.4. The molecule has 0 amide bonds. The lowest BCUT2D eigenvalue weighted by Gasteiger charge is -2.30. The van der Waals surface area contributed by atoms with Crippen molar-refractivity contribution in [2.45, 2.75) is 31.5 Å². The fourth-order valence-electron chi connectivity index (χ4n) is 4.47. The van der Waals surface area contributed by atoms with Crippen LogP contribution in [0.15, 0.2) is 24.3 Å². The largest absolute Gasteiger partial charge is 0.416 e. The third kappa shape index (κ3) is 5.44. The molecule has 4 nitrogen and oxygen atoms in total. The molecule has 27 heavy (non-hydrogen) atoms. The van der Waals surface area contributed by atoms with Gasteiger partial charge >= 0.3 is 6.18 Å². The first-order chi connectivity index (χ1) is 12.9. The van der Waals surface area contributed by atoms with Crippen molar-refractivity contribution in [1.29, 1.82) is 0 Å². The van der Waals surface area contributed by atoms with Crippen molar-refractivity contribution in [2.75, 3.05) is 39.5 Å². The molecule has 2 saturated heterocycles. The minimum Gasteiger partial charge on any atom is -0.396 e. The Morgan fingerprint density at radius 1 is 1.11 bits per heavy atom. The second-order valence-corrected chi connectivity index (χ2v) is 7.83. The van der Waals surface area contributed by atoms with E-state index in [0.717, 1.165) is 51.3 Å². The highest BCUT2D eigenvalue weighted by molar-refractivity contribution is 5.25. The molecule has 2 aliphatic rings. The van der Waals surface area contributed by atoms with Crippen LogP contribution in [0.3, 0.4) is 0 Å². The first-order valence-electron chi connectivity index (χ1n) is 9.62. The van der Waals surface area contributed by atoms with Crippen molar-refractivity contribution in [3.8, 4) is 0 Å². The van der Waals surface area contributed by atoms with Crippen LogP contribution in [0, 0.1) is 17.8 Å². The molecular formula is C20H28F3NO3. The van der Waals surface area contributed by atoms with E-state index in [1.807, 2.05) is 0 Å². The zero-order valence-corrected chi connectivity index (χ0v) is 15.4. The van der Waals surface area contributed by atoms with Crippen LogP contribution in [0.1, 0.15) is 24.0 Å². The van der Waals surface area contributed by atoms with E-state index in [0.29, 0.717) is 30.4 Å². The number of likely N-dealkylation sites (tertiary alicyclic amines) is 1. The van der Waals surface area contributed by atoms with Crippen molar-refractivity contribution in [2.24, 2.45) is 17.8 Å². The molecule has 2 N–H and O–H groups in total. The number of aliphatic hydroxyl groups is 2. The Bertz CT molecular complexity index is 587. The van der Waals surface area contributed by atoms with Crippen molar-refractivity contribution in [1.82, 2.24) is 4.90 Å². The number of β-amino-alcohol motifs (C(OH)–C–C–N with tert-alkyl or cyclic N) is 1. The first kappa shape index (κ1) is 20.6. The smallest absolute Gasteiger partial charge is 0.396 e. The Morgan fingerprint density at radius 3 is 2.37 bits per heavy atom. The quantitative estimate of drug-likeness (QED) is 0.788. The van der Waals surface area contributed by atoms with E-state index in [2.05, 4.69) is 4.90 Å². The Morgan fingerprint density at radius 2 is 1.78 bits per heavy atom. The van der Waals surface area contributed by atoms with Crippen LogP contribution in [-0.4, -0.2) is 60.7 Å². The molecule has 0 saturated carbocycles. The van der Waals surface area contributed by atoms with Gasteiger partial charge in [0.15, 0.2) is 0 Å². The fraction of sp³-hybridized carbons (Fsp3) is 0.700. The third-order valence-electron chi connectivity index (χ3n) is 5.89. The highest BCUT2D eigenvalue weighted by atomic mass is 19.4. The first-order valence-corrected chi connectivity index (χ1v) is 9.62. The summed E-state index contributed by atoms with van der Waals surface area (Å²) in [6, 6.07) is 4.97. The van der Waals surface area contributed by atoms with Gasteiger partial charge < -0.3 is 19.8 Å². The molecule has 1 unspecified atom stereocenters. The maximum absolute atomic E-state index is 12.6. The van der Waals surface area contributed by atoms with Crippen LogP contribution < -0.4 is 0 Å². The van der Waals surface area contributed by atoms with Gasteiger partial charge in [0.1, 0.15) is 0 Å². The molecule has 2 fully saturated rings. The molecule has 0 aromatic heterocycles. The average molecular weight is 387 g/mol. The summed E-state index contributed by atoms with van der Waals surface area (Å²) in [4.78, 5) is 2.18. The van der Waals surface area contributed by atoms with E-state index in [9.17, 15) is 23.4 Å². The topological polar surface area (TPSA) is 52.9 Å². The van der Waals surface area contributed by atoms with E-state index in [-0.39, 0.29) is 12.5 Å². The van der Waals surface area contributed by atoms with Gasteiger partial charge in [0, 0.05) is 39.5 Å². The van der Waals surface area contributed by atoms with E-state index >= 15 is 0 Å². The maximum atomic E-state index is 12.6. The van der Waals surface area contributed by atoms with Crippen molar-refractivity contribution in [3.05, 3.63) is 35.4 Å². The summed E-state index contributed by atoms with van der Waals surface area (Å²) in [7, 11) is 0. The summed E-state index contributed by atoms with van der Waals surface area (Å²) in [6.45, 7) is 3.76. The highest BCUT2D eigenvalue weighted by Gasteiger charge is 2.38. The molecule has 7 heteroatoms. The number of rotatable bonds is 6. The monoisotopic (exact) mass is 387 g/mol. The SMILES string of the molecule is OC[C@@H]1CN(CC(O)Cc2ccc(C(F)(F)F)cc2)C[C@H]1C1CCOCC1. The molecule has 0 radical (unpaired) electrons. The van der Waals surface area contributed by atoms with Crippen molar-refractivity contribution < 1.29 is 28.1 Å². The minimum atomic E-state index is -4.34. The Kier molecular flexibility index (Phi) is 6.78. The summed E-state index contributed by atoms with van der Waals surface area (Å²) in [5.74, 6) is 1.18. The molecule has 2 heterocycles. The van der Waals surface area contributed by atoms with Crippen LogP contribution >= 0.6 is 0 Å². The van der Waals surface area contributed by atoms with E-state index in [1.165, 1.54) is 12.1 Å². The zero-order chi connectivity index (χ0) is 19.4. The lowest BCUT2D eigenvalue weighted by molar-refractivity contribution is -0.137. The molecule has 0 aliphatic carbocycles. The van der Waals surface area contributed by atoms with Gasteiger partial charge in [-0.1, -0.05) is 12.1 Å². The van der Waals surface area contributed by atoms with Gasteiger partial charge in [-0.3, -0.25) is 0 Å². The molecule has 1 aromatic carbocycles. The van der Waals surface area contributed by atoms with Crippen LogP contribution in [0.5, 0.6) is 0 Å². The Labute approximate surface area is 157 Å². The van der Waals surface area contributed by atoms with Crippen LogP contribution in [0.2, 0.25) is 0 Å². The number of hydrogen-bond donors (Lipinski definition) is 2. The van der Waals surface area contributed by atoms with E-state index < -0.39 is 17.8 Å². The zero-order valence-electron chi connectivity index (χ0n) is 15.4. The maximum Gasteiger partial charge on any atom is 0.416 e. The minimum absolute atomic E-state index is 0.146. The lowest BCUT2D eigenvalue weighted by atomic mass is 9.80. The summed E-state index contributed by atoms with van der Waals surface area (Å²) in [5.41, 5.74) is 0.0137. The number of halogens is 3. The molecule has 3 atom stereocenters. The molecule has 152 valence electrons. The number of nitrogens with zero attached hydrogens (tertiary/aromatic N) is 1. The number of aliphatic hydroxyl groups excluding tert-OH is 2. The standard InChI is InChI=1S/C20H28F3NO3/c21-20(22,23)17-3-1-14(2-4-17)9-18(26)11-24-10-16(13-25)19(12-24)15-5-7-27-8-6-15/h1-4,15-16,18-19,25-26H,5-13H2/t16-,18?,19-/m0/s1. The van der Waals surface area contributed by atoms with Gasteiger partial charge in [-0.05, 0) is 54.7 Å². The average Bonchev–Trinajstić information content (AvgIpc) is 3.05. The van der Waals surface area contributed by atoms with Gasteiger partial charge in [0.05, 0.1) is 11.7 Å². The molecule has 0 bridgehead atoms. The van der Waals surface area contributed by atoms with E-state index in [1.54, 1.807) is 0 Å². The second-order valence-electron chi connectivity index (χ2n) is 7.83. The highest BCUT2D eigenvalue weighted by Crippen LogP contribution is 2.35. The molecular weight excluding hydrogens is 359 g/mol. The van der Waals surface area contributed by atoms with Gasteiger partial charge in [-0.25, -0.2) is 0 Å². The van der Waals surface area contributed by atoms with Gasteiger partial charge in [0.2, 0.25) is 0 Å². The number of hydrogen-bond acceptors (Lipinski definition) is 4. The number of ether oxygens (including phenoxy) is 1.